The van der Waals surface area contributed by atoms with Gasteiger partial charge in [-0.25, -0.2) is 9.78 Å². The summed E-state index contributed by atoms with van der Waals surface area (Å²) in [6.07, 6.45) is 0.287. The van der Waals surface area contributed by atoms with Crippen molar-refractivity contribution in [2.45, 2.75) is 39.7 Å². The summed E-state index contributed by atoms with van der Waals surface area (Å²) in [6, 6.07) is 4.90. The van der Waals surface area contributed by atoms with Gasteiger partial charge in [-0.05, 0) is 37.8 Å². The van der Waals surface area contributed by atoms with Crippen molar-refractivity contribution in [3.63, 3.8) is 0 Å². The lowest BCUT2D eigenvalue weighted by Crippen LogP contribution is -2.49. The van der Waals surface area contributed by atoms with E-state index in [1.54, 1.807) is 21.0 Å². The van der Waals surface area contributed by atoms with Crippen molar-refractivity contribution in [1.82, 2.24) is 30.2 Å². The molecule has 2 heterocycles. The molecule has 0 spiro atoms. The number of carbonyl (C=O) groups excluding carboxylic acids is 1. The smallest absolute Gasteiger partial charge is 0.405 e. The molecule has 2 aromatic heterocycles. The van der Waals surface area contributed by atoms with Gasteiger partial charge in [-0.3, -0.25) is 9.20 Å². The molecule has 3 rings (SSSR count). The van der Waals surface area contributed by atoms with Crippen LogP contribution in [0.4, 0.5) is 10.6 Å². The van der Waals surface area contributed by atoms with Crippen molar-refractivity contribution < 1.29 is 19.4 Å². The molecule has 0 unspecified atom stereocenters. The molecule has 4 N–H and O–H groups in total. The number of ether oxygens (including phenoxy) is 1. The Morgan fingerprint density at radius 2 is 1.94 bits per heavy atom. The molecule has 0 aliphatic heterocycles. The maximum absolute atomic E-state index is 12.2. The average molecular weight is 444 g/mol. The first-order valence-electron chi connectivity index (χ1n) is 10.5. The fourth-order valence-corrected chi connectivity index (χ4v) is 3.45. The molecule has 0 fully saturated rings. The van der Waals surface area contributed by atoms with Crippen molar-refractivity contribution in [1.29, 1.82) is 0 Å². The van der Waals surface area contributed by atoms with Crippen LogP contribution in [0.2, 0.25) is 0 Å². The van der Waals surface area contributed by atoms with Crippen molar-refractivity contribution in [3.8, 4) is 5.75 Å². The molecule has 0 aliphatic rings. The fourth-order valence-electron chi connectivity index (χ4n) is 3.45. The summed E-state index contributed by atoms with van der Waals surface area (Å²) in [7, 11) is 1.61. The first-order chi connectivity index (χ1) is 15.3. The van der Waals surface area contributed by atoms with Crippen LogP contribution < -0.4 is 20.7 Å². The van der Waals surface area contributed by atoms with Crippen molar-refractivity contribution in [2.24, 2.45) is 5.92 Å². The lowest BCUT2D eigenvalue weighted by Gasteiger charge is -2.20. The summed E-state index contributed by atoms with van der Waals surface area (Å²) in [6.45, 7) is 6.56. The Balaban J connectivity index is 1.58. The Morgan fingerprint density at radius 3 is 2.62 bits per heavy atom. The molecule has 11 nitrogen and oxygen atoms in total. The zero-order valence-corrected chi connectivity index (χ0v) is 18.7. The number of amides is 2. The van der Waals surface area contributed by atoms with Crippen LogP contribution in [0.1, 0.15) is 32.5 Å². The maximum Gasteiger partial charge on any atom is 0.405 e. The number of nitrogens with zero attached hydrogens (tertiary/aromatic N) is 4. The zero-order valence-electron chi connectivity index (χ0n) is 18.7. The van der Waals surface area contributed by atoms with Gasteiger partial charge in [0.15, 0.2) is 5.82 Å². The number of hydrogen-bond acceptors (Lipinski definition) is 7. The normalized spacial score (nSPS) is 12.2. The topological polar surface area (TPSA) is 143 Å². The first-order valence-corrected chi connectivity index (χ1v) is 10.5. The third-order valence-electron chi connectivity index (χ3n) is 5.12. The molecule has 0 bridgehead atoms. The summed E-state index contributed by atoms with van der Waals surface area (Å²) in [5, 5.41) is 25.7. The van der Waals surface area contributed by atoms with Gasteiger partial charge in [-0.1, -0.05) is 13.8 Å². The number of hydrogen-bond donors (Lipinski definition) is 4. The fraction of sp³-hybridized carbons (Fsp3) is 0.476. The van der Waals surface area contributed by atoms with E-state index in [1.807, 2.05) is 29.5 Å². The summed E-state index contributed by atoms with van der Waals surface area (Å²) in [5.74, 6) is 1.65. The number of fused-ring (bicyclic) bond motifs is 3. The molecule has 11 heteroatoms. The maximum atomic E-state index is 12.2. The molecular weight excluding hydrogens is 414 g/mol. The third kappa shape index (κ3) is 5.16. The van der Waals surface area contributed by atoms with E-state index < -0.39 is 12.1 Å². The van der Waals surface area contributed by atoms with Crippen LogP contribution in [0, 0.1) is 12.8 Å². The standard InChI is InChI=1S/C21H29N7O4/c1-12(2)17(25-21(30)31)20(29)23-10-6-5-9-22-18-19-27-26-13(3)28(19)16-8-7-14(32-4)11-15(16)24-18/h7-8,11-12,17,25H,5-6,9-10H2,1-4H3,(H,22,24)(H,23,29)(H,30,31)/t17-/m0/s1. The number of methoxy groups -OCH3 is 1. The highest BCUT2D eigenvalue weighted by molar-refractivity contribution is 5.85. The highest BCUT2D eigenvalue weighted by Crippen LogP contribution is 2.25. The second kappa shape index (κ2) is 10.1. The van der Waals surface area contributed by atoms with E-state index in [0.29, 0.717) is 30.3 Å². The summed E-state index contributed by atoms with van der Waals surface area (Å²) in [4.78, 5) is 27.8. The lowest BCUT2D eigenvalue weighted by atomic mass is 10.0. The number of carbonyl (C=O) groups is 2. The predicted octanol–water partition coefficient (Wildman–Crippen LogP) is 2.20. The van der Waals surface area contributed by atoms with E-state index in [2.05, 4.69) is 26.1 Å². The predicted molar refractivity (Wildman–Crippen MR) is 120 cm³/mol. The van der Waals surface area contributed by atoms with Gasteiger partial charge in [-0.15, -0.1) is 10.2 Å². The molecule has 2 amide bonds. The number of anilines is 1. The Bertz CT molecular complexity index is 1110. The summed E-state index contributed by atoms with van der Waals surface area (Å²) in [5.41, 5.74) is 2.31. The van der Waals surface area contributed by atoms with Gasteiger partial charge < -0.3 is 25.8 Å². The summed E-state index contributed by atoms with van der Waals surface area (Å²) >= 11 is 0. The van der Waals surface area contributed by atoms with Crippen LogP contribution in [0.25, 0.3) is 16.7 Å². The van der Waals surface area contributed by atoms with E-state index in [9.17, 15) is 9.59 Å². The Morgan fingerprint density at radius 1 is 1.19 bits per heavy atom. The highest BCUT2D eigenvalue weighted by atomic mass is 16.5. The van der Waals surface area contributed by atoms with Gasteiger partial charge >= 0.3 is 6.09 Å². The molecule has 0 saturated heterocycles. The molecule has 1 atom stereocenters. The number of benzene rings is 1. The molecule has 0 saturated carbocycles. The van der Waals surface area contributed by atoms with Crippen LogP contribution in [-0.2, 0) is 4.79 Å². The zero-order chi connectivity index (χ0) is 23.3. The van der Waals surface area contributed by atoms with Gasteiger partial charge in [0.2, 0.25) is 11.6 Å². The number of unbranched alkanes of at least 4 members (excludes halogenated alkanes) is 1. The van der Waals surface area contributed by atoms with Gasteiger partial charge in [0.05, 0.1) is 18.1 Å². The minimum atomic E-state index is -1.21. The second-order valence-corrected chi connectivity index (χ2v) is 7.82. The average Bonchev–Trinajstić information content (AvgIpc) is 3.15. The number of rotatable bonds is 10. The van der Waals surface area contributed by atoms with E-state index in [4.69, 9.17) is 14.8 Å². The minimum Gasteiger partial charge on any atom is -0.497 e. The highest BCUT2D eigenvalue weighted by Gasteiger charge is 2.23. The second-order valence-electron chi connectivity index (χ2n) is 7.82. The largest absolute Gasteiger partial charge is 0.497 e. The molecule has 1 aromatic carbocycles. The molecular formula is C21H29N7O4. The number of carboxylic acid groups (broad SMARTS) is 1. The number of aryl methyl sites for hydroxylation is 1. The van der Waals surface area contributed by atoms with E-state index >= 15 is 0 Å². The van der Waals surface area contributed by atoms with E-state index in [1.165, 1.54) is 0 Å². The lowest BCUT2D eigenvalue weighted by molar-refractivity contribution is -0.124. The Hall–Kier alpha value is -3.63. The van der Waals surface area contributed by atoms with Crippen molar-refractivity contribution in [2.75, 3.05) is 25.5 Å². The van der Waals surface area contributed by atoms with Crippen LogP contribution in [-0.4, -0.2) is 62.9 Å². The van der Waals surface area contributed by atoms with Crippen LogP contribution >= 0.6 is 0 Å². The Labute approximate surface area is 185 Å². The molecule has 32 heavy (non-hydrogen) atoms. The quantitative estimate of drug-likeness (QED) is 0.349. The minimum absolute atomic E-state index is 0.139. The monoisotopic (exact) mass is 443 g/mol. The first kappa shape index (κ1) is 23.0. The number of aromatic nitrogens is 4. The SMILES string of the molecule is COc1ccc2c(c1)nc(NCCCCNC(=O)[C@@H](NC(=O)O)C(C)C)c1nnc(C)n12. The van der Waals surface area contributed by atoms with Crippen LogP contribution in [0.15, 0.2) is 18.2 Å². The third-order valence-corrected chi connectivity index (χ3v) is 5.12. The van der Waals surface area contributed by atoms with Crippen LogP contribution in [0.3, 0.4) is 0 Å². The van der Waals surface area contributed by atoms with Gasteiger partial charge in [0.1, 0.15) is 17.6 Å². The van der Waals surface area contributed by atoms with Gasteiger partial charge in [0, 0.05) is 19.2 Å². The Kier molecular flexibility index (Phi) is 7.29. The molecule has 3 aromatic rings. The van der Waals surface area contributed by atoms with Gasteiger partial charge in [-0.2, -0.15) is 0 Å². The van der Waals surface area contributed by atoms with E-state index in [-0.39, 0.29) is 11.8 Å². The molecule has 0 aliphatic carbocycles. The van der Waals surface area contributed by atoms with Crippen molar-refractivity contribution in [3.05, 3.63) is 24.0 Å². The van der Waals surface area contributed by atoms with E-state index in [0.717, 1.165) is 29.7 Å². The molecule has 0 radical (unpaired) electrons. The summed E-state index contributed by atoms with van der Waals surface area (Å²) < 4.78 is 7.26. The molecule has 172 valence electrons. The van der Waals surface area contributed by atoms with Gasteiger partial charge in [0.25, 0.3) is 0 Å². The number of nitrogens with one attached hydrogen (secondary N) is 3. The van der Waals surface area contributed by atoms with Crippen molar-refractivity contribution >= 4 is 34.5 Å². The van der Waals surface area contributed by atoms with Crippen LogP contribution in [0.5, 0.6) is 5.75 Å².